The van der Waals surface area contributed by atoms with Gasteiger partial charge in [-0.15, -0.1) is 0 Å². The molecule has 0 aliphatic heterocycles. The molecule has 15 heavy (non-hydrogen) atoms. The Balaban J connectivity index is 2.23. The molecule has 0 saturated heterocycles. The summed E-state index contributed by atoms with van der Waals surface area (Å²) < 4.78 is 18.7. The molecule has 0 bridgehead atoms. The third-order valence-corrected chi connectivity index (χ3v) is 2.67. The summed E-state index contributed by atoms with van der Waals surface area (Å²) in [5, 5.41) is 9.84. The highest BCUT2D eigenvalue weighted by Gasteiger charge is 2.32. The van der Waals surface area contributed by atoms with Crippen LogP contribution in [0.3, 0.4) is 0 Å². The van der Waals surface area contributed by atoms with E-state index in [1.54, 1.807) is 12.1 Å². The average molecular weight is 210 g/mol. The molecule has 2 nitrogen and oxygen atoms in total. The van der Waals surface area contributed by atoms with Crippen molar-refractivity contribution in [3.05, 3.63) is 29.6 Å². The minimum Gasteiger partial charge on any atom is -0.494 e. The molecule has 1 aliphatic rings. The maximum absolute atomic E-state index is 13.4. The zero-order valence-electron chi connectivity index (χ0n) is 8.74. The molecule has 0 radical (unpaired) electrons. The van der Waals surface area contributed by atoms with Crippen LogP contribution >= 0.6 is 0 Å². The van der Waals surface area contributed by atoms with Gasteiger partial charge in [0.05, 0.1) is 12.7 Å². The number of hydrogen-bond acceptors (Lipinski definition) is 2. The maximum atomic E-state index is 13.4. The molecule has 1 aromatic rings. The van der Waals surface area contributed by atoms with Crippen molar-refractivity contribution in [3.63, 3.8) is 0 Å². The quantitative estimate of drug-likeness (QED) is 0.827. The van der Waals surface area contributed by atoms with Crippen LogP contribution in [0.4, 0.5) is 4.39 Å². The fourth-order valence-electron chi connectivity index (χ4n) is 1.67. The Hall–Kier alpha value is -1.09. The third kappa shape index (κ3) is 2.29. The maximum Gasteiger partial charge on any atom is 0.129 e. The van der Waals surface area contributed by atoms with Crippen LogP contribution in [0.1, 0.15) is 31.4 Å². The molecule has 0 spiro atoms. The summed E-state index contributed by atoms with van der Waals surface area (Å²) in [6, 6.07) is 4.54. The normalized spacial score (nSPS) is 17.5. The molecule has 1 fully saturated rings. The standard InChI is InChI=1S/C12H15FO2/c1-2-15-9-5-6-11(13)10(7-9)12(14)8-3-4-8/h5-8,12,14H,2-4H2,1H3. The number of benzene rings is 1. The molecule has 1 saturated carbocycles. The van der Waals surface area contributed by atoms with Crippen LogP contribution in [0.15, 0.2) is 18.2 Å². The molecule has 0 aromatic heterocycles. The average Bonchev–Trinajstić information content (AvgIpc) is 3.04. The van der Waals surface area contributed by atoms with Gasteiger partial charge in [0, 0.05) is 5.56 Å². The molecule has 1 aliphatic carbocycles. The second-order valence-corrected chi connectivity index (χ2v) is 3.90. The van der Waals surface area contributed by atoms with E-state index in [1.165, 1.54) is 6.07 Å². The van der Waals surface area contributed by atoms with Crippen LogP contribution in [0.25, 0.3) is 0 Å². The van der Waals surface area contributed by atoms with E-state index in [0.717, 1.165) is 12.8 Å². The molecule has 0 amide bonds. The molecule has 0 heterocycles. The molecule has 1 atom stereocenters. The first kappa shape index (κ1) is 10.4. The lowest BCUT2D eigenvalue weighted by atomic mass is 10.0. The van der Waals surface area contributed by atoms with Crippen LogP contribution in [-0.2, 0) is 0 Å². The summed E-state index contributed by atoms with van der Waals surface area (Å²) in [6.07, 6.45) is 1.30. The largest absolute Gasteiger partial charge is 0.494 e. The van der Waals surface area contributed by atoms with Gasteiger partial charge in [0.15, 0.2) is 0 Å². The highest BCUT2D eigenvalue weighted by atomic mass is 19.1. The van der Waals surface area contributed by atoms with E-state index in [2.05, 4.69) is 0 Å². The second-order valence-electron chi connectivity index (χ2n) is 3.90. The Labute approximate surface area is 88.7 Å². The second kappa shape index (κ2) is 4.19. The Morgan fingerprint density at radius 1 is 1.53 bits per heavy atom. The minimum atomic E-state index is -0.676. The van der Waals surface area contributed by atoms with Crippen LogP contribution in [0.2, 0.25) is 0 Å². The number of hydrogen-bond donors (Lipinski definition) is 1. The van der Waals surface area contributed by atoms with E-state index >= 15 is 0 Å². The molecule has 82 valence electrons. The topological polar surface area (TPSA) is 29.5 Å². The molecule has 2 rings (SSSR count). The lowest BCUT2D eigenvalue weighted by molar-refractivity contribution is 0.149. The van der Waals surface area contributed by atoms with Gasteiger partial charge in [-0.25, -0.2) is 4.39 Å². The molecular weight excluding hydrogens is 195 g/mol. The van der Waals surface area contributed by atoms with Crippen molar-refractivity contribution in [3.8, 4) is 5.75 Å². The molecule has 1 aromatic carbocycles. The van der Waals surface area contributed by atoms with Crippen LogP contribution in [0, 0.1) is 11.7 Å². The van der Waals surface area contributed by atoms with Crippen molar-refractivity contribution in [1.82, 2.24) is 0 Å². The van der Waals surface area contributed by atoms with E-state index in [9.17, 15) is 9.50 Å². The monoisotopic (exact) mass is 210 g/mol. The van der Waals surface area contributed by atoms with E-state index in [-0.39, 0.29) is 11.7 Å². The Morgan fingerprint density at radius 2 is 2.27 bits per heavy atom. The summed E-state index contributed by atoms with van der Waals surface area (Å²) >= 11 is 0. The summed E-state index contributed by atoms with van der Waals surface area (Å²) in [4.78, 5) is 0. The molecule has 3 heteroatoms. The van der Waals surface area contributed by atoms with E-state index < -0.39 is 6.10 Å². The van der Waals surface area contributed by atoms with E-state index in [4.69, 9.17) is 4.74 Å². The predicted octanol–water partition coefficient (Wildman–Crippen LogP) is 2.67. The van der Waals surface area contributed by atoms with Gasteiger partial charge >= 0.3 is 0 Å². The first-order valence-electron chi connectivity index (χ1n) is 5.32. The highest BCUT2D eigenvalue weighted by Crippen LogP contribution is 2.42. The number of rotatable bonds is 4. The van der Waals surface area contributed by atoms with Gasteiger partial charge in [-0.1, -0.05) is 0 Å². The van der Waals surface area contributed by atoms with Crippen molar-refractivity contribution in [1.29, 1.82) is 0 Å². The number of halogens is 1. The SMILES string of the molecule is CCOc1ccc(F)c(C(O)C2CC2)c1. The van der Waals surface area contributed by atoms with Gasteiger partial charge in [-0.2, -0.15) is 0 Å². The smallest absolute Gasteiger partial charge is 0.129 e. The van der Waals surface area contributed by atoms with Gasteiger partial charge in [0.2, 0.25) is 0 Å². The zero-order valence-corrected chi connectivity index (χ0v) is 8.74. The van der Waals surface area contributed by atoms with Crippen molar-refractivity contribution >= 4 is 0 Å². The minimum absolute atomic E-state index is 0.233. The lowest BCUT2D eigenvalue weighted by Crippen LogP contribution is -2.03. The summed E-state index contributed by atoms with van der Waals surface area (Å²) in [6.45, 7) is 2.42. The van der Waals surface area contributed by atoms with Crippen LogP contribution in [-0.4, -0.2) is 11.7 Å². The Morgan fingerprint density at radius 3 is 2.87 bits per heavy atom. The molecule has 1 N–H and O–H groups in total. The van der Waals surface area contributed by atoms with Crippen molar-refractivity contribution < 1.29 is 14.2 Å². The predicted molar refractivity (Wildman–Crippen MR) is 55.3 cm³/mol. The number of aliphatic hydroxyl groups excluding tert-OH is 1. The molecule has 1 unspecified atom stereocenters. The van der Waals surface area contributed by atoms with Crippen molar-refractivity contribution in [2.45, 2.75) is 25.9 Å². The first-order valence-corrected chi connectivity index (χ1v) is 5.32. The Kier molecular flexibility index (Phi) is 2.91. The van der Waals surface area contributed by atoms with Gasteiger partial charge < -0.3 is 9.84 Å². The number of aliphatic hydroxyl groups is 1. The van der Waals surface area contributed by atoms with Gasteiger partial charge in [-0.05, 0) is 43.9 Å². The molecular formula is C12H15FO2. The van der Waals surface area contributed by atoms with Gasteiger partial charge in [0.25, 0.3) is 0 Å². The van der Waals surface area contributed by atoms with E-state index in [1.807, 2.05) is 6.92 Å². The highest BCUT2D eigenvalue weighted by molar-refractivity contribution is 5.32. The fourth-order valence-corrected chi connectivity index (χ4v) is 1.67. The van der Waals surface area contributed by atoms with Gasteiger partial charge in [0.1, 0.15) is 11.6 Å². The fraction of sp³-hybridized carbons (Fsp3) is 0.500. The third-order valence-electron chi connectivity index (χ3n) is 2.67. The Bertz CT molecular complexity index is 347. The van der Waals surface area contributed by atoms with Crippen molar-refractivity contribution in [2.75, 3.05) is 6.61 Å². The first-order chi connectivity index (χ1) is 7.22. The number of ether oxygens (including phenoxy) is 1. The van der Waals surface area contributed by atoms with Crippen LogP contribution < -0.4 is 4.74 Å². The summed E-state index contributed by atoms with van der Waals surface area (Å²) in [5.74, 6) is 0.503. The van der Waals surface area contributed by atoms with Gasteiger partial charge in [-0.3, -0.25) is 0 Å². The summed E-state index contributed by atoms with van der Waals surface area (Å²) in [7, 11) is 0. The van der Waals surface area contributed by atoms with Crippen LogP contribution in [0.5, 0.6) is 5.75 Å². The van der Waals surface area contributed by atoms with E-state index in [0.29, 0.717) is 17.9 Å². The van der Waals surface area contributed by atoms with Crippen molar-refractivity contribution in [2.24, 2.45) is 5.92 Å². The zero-order chi connectivity index (χ0) is 10.8. The lowest BCUT2D eigenvalue weighted by Gasteiger charge is -2.12. The summed E-state index contributed by atoms with van der Waals surface area (Å²) in [5.41, 5.74) is 0.364.